The van der Waals surface area contributed by atoms with Gasteiger partial charge in [-0.3, -0.25) is 23.6 Å². The van der Waals surface area contributed by atoms with Gasteiger partial charge in [-0.25, -0.2) is 4.79 Å². The predicted octanol–water partition coefficient (Wildman–Crippen LogP) is 6.62. The van der Waals surface area contributed by atoms with Crippen LogP contribution in [0.3, 0.4) is 0 Å². The third kappa shape index (κ3) is 13.2. The van der Waals surface area contributed by atoms with Gasteiger partial charge in [0.15, 0.2) is 0 Å². The molecule has 3 aromatic rings. The lowest BCUT2D eigenvalue weighted by molar-refractivity contribution is -0.141. The van der Waals surface area contributed by atoms with E-state index < -0.39 is 33.6 Å². The van der Waals surface area contributed by atoms with Gasteiger partial charge < -0.3 is 29.3 Å². The summed E-state index contributed by atoms with van der Waals surface area (Å²) < 4.78 is 46.3. The van der Waals surface area contributed by atoms with Crippen molar-refractivity contribution < 1.29 is 46.0 Å². The molecule has 14 nitrogen and oxygen atoms in total. The number of rotatable bonds is 17. The fourth-order valence-electron chi connectivity index (χ4n) is 7.10. The van der Waals surface area contributed by atoms with Crippen LogP contribution in [0.25, 0.3) is 11.1 Å². The van der Waals surface area contributed by atoms with Crippen molar-refractivity contribution in [2.45, 2.75) is 95.6 Å². The van der Waals surface area contributed by atoms with Crippen LogP contribution in [0.5, 0.6) is 5.75 Å². The highest BCUT2D eigenvalue weighted by Crippen LogP contribution is 2.29. The minimum Gasteiger partial charge on any atom is -0.491 e. The number of nitrogens with zero attached hydrogens (tertiary/aromatic N) is 3. The van der Waals surface area contributed by atoms with E-state index in [0.29, 0.717) is 62.7 Å². The first kappa shape index (κ1) is 45.1. The summed E-state index contributed by atoms with van der Waals surface area (Å²) in [6.07, 6.45) is 7.69. The second kappa shape index (κ2) is 20.8. The van der Waals surface area contributed by atoms with E-state index in [-0.39, 0.29) is 42.4 Å². The quantitative estimate of drug-likeness (QED) is 0.0881. The predicted molar refractivity (Wildman–Crippen MR) is 221 cm³/mol. The maximum absolute atomic E-state index is 13.7. The summed E-state index contributed by atoms with van der Waals surface area (Å²) in [5, 5.41) is 3.05. The number of amides is 3. The minimum absolute atomic E-state index is 0.0154. The molecular formula is C44H58N4O10S. The van der Waals surface area contributed by atoms with Crippen molar-refractivity contribution in [2.24, 2.45) is 11.8 Å². The average molecular weight is 835 g/mol. The summed E-state index contributed by atoms with van der Waals surface area (Å²) in [4.78, 5) is 60.2. The number of hydrogen-bond acceptors (Lipinski definition) is 11. The van der Waals surface area contributed by atoms with Gasteiger partial charge in [0.25, 0.3) is 10.1 Å². The van der Waals surface area contributed by atoms with Crippen molar-refractivity contribution in [2.75, 3.05) is 46.5 Å². The van der Waals surface area contributed by atoms with Crippen molar-refractivity contribution in [1.29, 1.82) is 0 Å². The van der Waals surface area contributed by atoms with Gasteiger partial charge in [0.1, 0.15) is 24.6 Å². The summed E-state index contributed by atoms with van der Waals surface area (Å²) in [5.41, 5.74) is 2.60. The number of nitrogens with one attached hydrogen (secondary N) is 1. The van der Waals surface area contributed by atoms with Crippen LogP contribution >= 0.6 is 0 Å². The van der Waals surface area contributed by atoms with Crippen molar-refractivity contribution in [3.05, 3.63) is 78.1 Å². The molecule has 2 fully saturated rings. The van der Waals surface area contributed by atoms with Gasteiger partial charge >= 0.3 is 12.1 Å². The lowest BCUT2D eigenvalue weighted by atomic mass is 9.91. The van der Waals surface area contributed by atoms with Crippen LogP contribution in [0.4, 0.5) is 4.79 Å². The molecule has 0 aliphatic carbocycles. The molecule has 3 amide bonds. The van der Waals surface area contributed by atoms with E-state index >= 15 is 0 Å². The Balaban J connectivity index is 1.12. The normalized spacial score (nSPS) is 16.9. The molecule has 2 saturated heterocycles. The van der Waals surface area contributed by atoms with E-state index in [1.807, 2.05) is 45.9 Å². The molecule has 0 saturated carbocycles. The summed E-state index contributed by atoms with van der Waals surface area (Å²) in [6, 6.07) is 14.7. The number of piperidine rings is 2. The first-order valence-corrected chi connectivity index (χ1v) is 21.8. The maximum atomic E-state index is 13.7. The number of aromatic nitrogens is 1. The van der Waals surface area contributed by atoms with Crippen molar-refractivity contribution in [3.8, 4) is 16.9 Å². The zero-order chi connectivity index (χ0) is 42.6. The molecule has 2 aliphatic rings. The number of likely N-dealkylation sites (tertiary alicyclic amines) is 2. The molecule has 2 aromatic carbocycles. The van der Waals surface area contributed by atoms with Crippen molar-refractivity contribution in [1.82, 2.24) is 20.1 Å². The molecule has 0 bridgehead atoms. The maximum Gasteiger partial charge on any atom is 0.410 e. The Morgan fingerprint density at radius 3 is 2.31 bits per heavy atom. The smallest absolute Gasteiger partial charge is 0.410 e. The van der Waals surface area contributed by atoms with Crippen LogP contribution in [0.2, 0.25) is 0 Å². The Morgan fingerprint density at radius 2 is 1.63 bits per heavy atom. The number of pyridine rings is 1. The second-order valence-corrected chi connectivity index (χ2v) is 17.6. The lowest BCUT2D eigenvalue weighted by Crippen LogP contribution is -2.46. The van der Waals surface area contributed by atoms with Gasteiger partial charge in [0.05, 0.1) is 30.4 Å². The zero-order valence-corrected chi connectivity index (χ0v) is 35.6. The van der Waals surface area contributed by atoms with E-state index in [1.54, 1.807) is 46.5 Å². The topological polar surface area (TPSA) is 171 Å². The number of benzene rings is 2. The molecule has 59 heavy (non-hydrogen) atoms. The SMILES string of the molecule is CCC(C)(C)OC(=O)N1CCC(CCC(=O)N2CCCC(C(=O)NC(CC(=O)OC)c3cncc(-c4ccc(OCCOS(=O)(=O)c5ccc(C)cc5)cc4)c3)C2)CC1. The Hall–Kier alpha value is -5.02. The molecule has 0 spiro atoms. The molecule has 320 valence electrons. The largest absolute Gasteiger partial charge is 0.491 e. The monoisotopic (exact) mass is 834 g/mol. The molecule has 1 N–H and O–H groups in total. The van der Waals surface area contributed by atoms with E-state index in [9.17, 15) is 27.6 Å². The molecule has 2 atom stereocenters. The third-order valence-electron chi connectivity index (χ3n) is 11.2. The van der Waals surface area contributed by atoms with Gasteiger partial charge in [-0.15, -0.1) is 0 Å². The summed E-state index contributed by atoms with van der Waals surface area (Å²) >= 11 is 0. The van der Waals surface area contributed by atoms with Crippen molar-refractivity contribution in [3.63, 3.8) is 0 Å². The number of carbonyl (C=O) groups excluding carboxylic acids is 4. The average Bonchev–Trinajstić information content (AvgIpc) is 3.24. The molecule has 2 aliphatic heterocycles. The van der Waals surface area contributed by atoms with Gasteiger partial charge in [-0.1, -0.05) is 36.8 Å². The summed E-state index contributed by atoms with van der Waals surface area (Å²) in [7, 11) is -2.60. The number of methoxy groups -OCH3 is 1. The molecule has 3 heterocycles. The van der Waals surface area contributed by atoms with E-state index in [0.717, 1.165) is 42.4 Å². The molecule has 15 heteroatoms. The fourth-order valence-corrected chi connectivity index (χ4v) is 7.99. The molecule has 5 rings (SSSR count). The van der Waals surface area contributed by atoms with Crippen LogP contribution in [0.1, 0.15) is 89.3 Å². The van der Waals surface area contributed by atoms with Crippen LogP contribution < -0.4 is 10.1 Å². The Bertz CT molecular complexity index is 2000. The van der Waals surface area contributed by atoms with E-state index in [1.165, 1.54) is 19.2 Å². The first-order chi connectivity index (χ1) is 28.2. The Morgan fingerprint density at radius 1 is 0.915 bits per heavy atom. The number of aryl methyl sites for hydroxylation is 1. The van der Waals surface area contributed by atoms with Crippen LogP contribution in [-0.4, -0.2) is 99.2 Å². The number of ether oxygens (including phenoxy) is 3. The van der Waals surface area contributed by atoms with Gasteiger partial charge in [-0.05, 0) is 107 Å². The minimum atomic E-state index is -3.90. The summed E-state index contributed by atoms with van der Waals surface area (Å²) in [5.74, 6) is -0.306. The zero-order valence-electron chi connectivity index (χ0n) is 34.8. The van der Waals surface area contributed by atoms with Crippen LogP contribution in [-0.2, 0) is 38.2 Å². The van der Waals surface area contributed by atoms with Crippen molar-refractivity contribution >= 4 is 34.0 Å². The second-order valence-electron chi connectivity index (χ2n) is 15.9. The Kier molecular flexibility index (Phi) is 15.9. The molecule has 0 radical (unpaired) electrons. The number of hydrogen-bond donors (Lipinski definition) is 1. The highest BCUT2D eigenvalue weighted by atomic mass is 32.2. The van der Waals surface area contributed by atoms with E-state index in [2.05, 4.69) is 10.3 Å². The standard InChI is InChI=1S/C44H58N4O10S/c1-6-44(3,4)58-43(52)47-22-19-32(20-23-47)11-18-40(49)48-21-7-8-34(30-48)42(51)46-39(27-41(50)55-5)36-26-35(28-45-29-36)33-12-14-37(15-13-33)56-24-25-57-59(53,54)38-16-9-31(2)10-17-38/h9-10,12-17,26,28-29,32,34,39H,6-8,11,18-25,27,30H2,1-5H3,(H,46,51). The number of carbonyl (C=O) groups is 4. The van der Waals surface area contributed by atoms with Gasteiger partial charge in [0.2, 0.25) is 11.8 Å². The highest BCUT2D eigenvalue weighted by molar-refractivity contribution is 7.86. The molecular weight excluding hydrogens is 777 g/mol. The first-order valence-electron chi connectivity index (χ1n) is 20.4. The van der Waals surface area contributed by atoms with Crippen LogP contribution in [0.15, 0.2) is 71.9 Å². The molecule has 2 unspecified atom stereocenters. The highest BCUT2D eigenvalue weighted by Gasteiger charge is 2.32. The van der Waals surface area contributed by atoms with Gasteiger partial charge in [-0.2, -0.15) is 8.42 Å². The number of esters is 1. The third-order valence-corrected chi connectivity index (χ3v) is 12.5. The molecule has 1 aromatic heterocycles. The summed E-state index contributed by atoms with van der Waals surface area (Å²) in [6.45, 7) is 9.64. The van der Waals surface area contributed by atoms with Gasteiger partial charge in [0, 0.05) is 50.6 Å². The van der Waals surface area contributed by atoms with E-state index in [4.69, 9.17) is 18.4 Å². The lowest BCUT2D eigenvalue weighted by Gasteiger charge is -2.35. The van der Waals surface area contributed by atoms with Crippen LogP contribution in [0, 0.1) is 18.8 Å². The Labute approximate surface area is 348 Å². The fraction of sp³-hybridized carbons (Fsp3) is 0.523.